The smallest absolute Gasteiger partial charge is 0.226 e. The van der Waals surface area contributed by atoms with Gasteiger partial charge in [0.2, 0.25) is 11.3 Å². The first-order valence-corrected chi connectivity index (χ1v) is 16.6. The third-order valence-corrected chi connectivity index (χ3v) is 8.15. The van der Waals surface area contributed by atoms with Crippen LogP contribution < -0.4 is 9.13 Å². The number of rotatable bonds is 4. The summed E-state index contributed by atoms with van der Waals surface area (Å²) in [7, 11) is 0. The Morgan fingerprint density at radius 1 is 0.510 bits per heavy atom. The van der Waals surface area contributed by atoms with Crippen LogP contribution in [-0.2, 0) is 30.9 Å². The molecule has 0 atom stereocenters. The second-order valence-corrected chi connectivity index (χ2v) is 14.0. The quantitative estimate of drug-likeness (QED) is 0.139. The van der Waals surface area contributed by atoms with Crippen LogP contribution in [0.25, 0.3) is 45.3 Å². The summed E-state index contributed by atoms with van der Waals surface area (Å²) in [6, 6.07) is 42.3. The van der Waals surface area contributed by atoms with Gasteiger partial charge in [0.1, 0.15) is 11.9 Å². The molecule has 257 valence electrons. The van der Waals surface area contributed by atoms with Crippen molar-refractivity contribution in [3.8, 4) is 22.7 Å². The Hall–Kier alpha value is -5.37. The first-order chi connectivity index (χ1) is 24.1. The van der Waals surface area contributed by atoms with E-state index in [0.717, 1.165) is 56.7 Å². The van der Waals surface area contributed by atoms with Crippen molar-refractivity contribution >= 4 is 22.6 Å². The van der Waals surface area contributed by atoms with E-state index in [0.29, 0.717) is 0 Å². The maximum Gasteiger partial charge on any atom is 0.226 e. The molecule has 0 spiro atoms. The Kier molecular flexibility index (Phi) is 10.1. The van der Waals surface area contributed by atoms with E-state index in [4.69, 9.17) is 19.9 Å². The molecule has 51 heavy (non-hydrogen) atoms. The Morgan fingerprint density at radius 2 is 0.961 bits per heavy atom. The molecule has 0 unspecified atom stereocenters. The number of hydrogen-bond acceptors (Lipinski definition) is 4. The van der Waals surface area contributed by atoms with Gasteiger partial charge in [-0.3, -0.25) is 9.97 Å². The Balaban J connectivity index is 0.000000172. The third-order valence-electron chi connectivity index (χ3n) is 8.15. The van der Waals surface area contributed by atoms with Gasteiger partial charge >= 0.3 is 0 Å². The monoisotopic (exact) mass is 847 g/mol. The SMILES string of the molecule is CC(C)(C)c1cnc2c(n1)[n+](-c1[c-]cccc1)[c-]n2-c1ccccc1.CC(C)(C)c1cnc2c(n1)n(-c1ccccc1)[c-][n+]2-c1[c-]cccc1.[Ir]. The molecule has 0 N–H and O–H groups in total. The largest absolute Gasteiger partial charge is 0.319 e. The normalized spacial score (nSPS) is 11.6. The van der Waals surface area contributed by atoms with Gasteiger partial charge in [-0.2, -0.15) is 65.6 Å². The van der Waals surface area contributed by atoms with Crippen molar-refractivity contribution in [2.24, 2.45) is 0 Å². The number of fused-ring (bicyclic) bond motifs is 2. The molecule has 4 aromatic heterocycles. The van der Waals surface area contributed by atoms with E-state index in [2.05, 4.69) is 66.3 Å². The van der Waals surface area contributed by atoms with Crippen LogP contribution in [0.5, 0.6) is 0 Å². The van der Waals surface area contributed by atoms with Gasteiger partial charge in [-0.05, 0) is 0 Å². The van der Waals surface area contributed by atoms with E-state index in [9.17, 15) is 0 Å². The molecule has 8 nitrogen and oxygen atoms in total. The summed E-state index contributed by atoms with van der Waals surface area (Å²) in [5, 5.41) is 0. The van der Waals surface area contributed by atoms with Crippen molar-refractivity contribution < 1.29 is 29.2 Å². The summed E-state index contributed by atoms with van der Waals surface area (Å²) in [5.41, 5.74) is 8.64. The first-order valence-electron chi connectivity index (χ1n) is 16.6. The van der Waals surface area contributed by atoms with Crippen LogP contribution in [0.2, 0.25) is 0 Å². The van der Waals surface area contributed by atoms with Gasteiger partial charge in [0, 0.05) is 42.3 Å². The molecule has 9 heteroatoms. The minimum absolute atomic E-state index is 0. The van der Waals surface area contributed by atoms with Crippen molar-refractivity contribution in [3.05, 3.63) is 158 Å². The van der Waals surface area contributed by atoms with Gasteiger partial charge in [0.15, 0.2) is 23.9 Å². The Bertz CT molecular complexity index is 2200. The molecule has 0 aliphatic carbocycles. The van der Waals surface area contributed by atoms with Crippen molar-refractivity contribution in [3.63, 3.8) is 0 Å². The zero-order valence-corrected chi connectivity index (χ0v) is 31.9. The zero-order chi connectivity index (χ0) is 34.9. The number of para-hydroxylation sites is 4. The first kappa shape index (κ1) is 35.5. The molecule has 0 saturated heterocycles. The average Bonchev–Trinajstić information content (AvgIpc) is 3.72. The van der Waals surface area contributed by atoms with Gasteiger partial charge in [0.05, 0.1) is 11.9 Å². The molecule has 0 aliphatic heterocycles. The summed E-state index contributed by atoms with van der Waals surface area (Å²) in [4.78, 5) is 19.2. The molecule has 8 rings (SSSR count). The number of hydrogen-bond donors (Lipinski definition) is 0. The summed E-state index contributed by atoms with van der Waals surface area (Å²) in [6.45, 7) is 12.8. The molecule has 4 aromatic carbocycles. The van der Waals surface area contributed by atoms with Crippen molar-refractivity contribution in [1.82, 2.24) is 29.1 Å². The van der Waals surface area contributed by atoms with E-state index in [1.165, 1.54) is 0 Å². The number of benzene rings is 4. The van der Waals surface area contributed by atoms with E-state index in [1.54, 1.807) is 0 Å². The Labute approximate surface area is 312 Å². The van der Waals surface area contributed by atoms with Gasteiger partial charge in [-0.15, -0.1) is 4.98 Å². The summed E-state index contributed by atoms with van der Waals surface area (Å²) < 4.78 is 7.72. The fourth-order valence-corrected chi connectivity index (χ4v) is 5.37. The number of nitrogens with zero attached hydrogens (tertiary/aromatic N) is 8. The molecule has 4 heterocycles. The fourth-order valence-electron chi connectivity index (χ4n) is 5.37. The van der Waals surface area contributed by atoms with Gasteiger partial charge < -0.3 is 18.3 Å². The third kappa shape index (κ3) is 7.41. The van der Waals surface area contributed by atoms with Crippen molar-refractivity contribution in [2.75, 3.05) is 0 Å². The van der Waals surface area contributed by atoms with Crippen molar-refractivity contribution in [2.45, 2.75) is 52.4 Å². The molecule has 0 fully saturated rings. The van der Waals surface area contributed by atoms with Crippen LogP contribution in [0.3, 0.4) is 0 Å². The van der Waals surface area contributed by atoms with E-state index < -0.39 is 0 Å². The second kappa shape index (κ2) is 14.5. The molecular formula is C42H38IrN8-2. The molecule has 0 amide bonds. The van der Waals surface area contributed by atoms with E-state index in [1.807, 2.05) is 140 Å². The Morgan fingerprint density at radius 3 is 1.45 bits per heavy atom. The van der Waals surface area contributed by atoms with Gasteiger partial charge in [0.25, 0.3) is 0 Å². The van der Waals surface area contributed by atoms with Gasteiger partial charge in [-0.1, -0.05) is 114 Å². The van der Waals surface area contributed by atoms with Crippen LogP contribution in [0.1, 0.15) is 52.9 Å². The summed E-state index contributed by atoms with van der Waals surface area (Å²) in [5.74, 6) is 0. The molecule has 0 saturated carbocycles. The summed E-state index contributed by atoms with van der Waals surface area (Å²) in [6.07, 6.45) is 10.5. The van der Waals surface area contributed by atoms with E-state index >= 15 is 0 Å². The van der Waals surface area contributed by atoms with E-state index in [-0.39, 0.29) is 30.9 Å². The molecular weight excluding hydrogens is 809 g/mol. The van der Waals surface area contributed by atoms with Crippen LogP contribution in [0, 0.1) is 24.8 Å². The predicted octanol–water partition coefficient (Wildman–Crippen LogP) is 7.19. The topological polar surface area (TPSA) is 69.2 Å². The predicted molar refractivity (Wildman–Crippen MR) is 194 cm³/mol. The number of aromatic nitrogens is 8. The van der Waals surface area contributed by atoms with Crippen LogP contribution in [0.4, 0.5) is 0 Å². The maximum atomic E-state index is 4.90. The minimum atomic E-state index is -0.0751. The standard InChI is InChI=1S/2C21H19N4.Ir/c2*1-21(2,3)18-14-22-19-20(23-18)25(17-12-8-5-9-13-17)15-24(19)16-10-6-4-7-11-16;/h4-10,12-14H,1-3H3;4-12,14H,1-3H3;/q2*-1;. The van der Waals surface area contributed by atoms with Crippen LogP contribution >= 0.6 is 0 Å². The minimum Gasteiger partial charge on any atom is -0.319 e. The zero-order valence-electron chi connectivity index (χ0n) is 29.5. The molecule has 0 aliphatic rings. The van der Waals surface area contributed by atoms with Crippen LogP contribution in [-0.4, -0.2) is 29.1 Å². The number of imidazole rings is 2. The van der Waals surface area contributed by atoms with Crippen LogP contribution in [0.15, 0.2) is 122 Å². The van der Waals surface area contributed by atoms with Gasteiger partial charge in [-0.25, -0.2) is 0 Å². The molecule has 1 radical (unpaired) electrons. The van der Waals surface area contributed by atoms with Crippen molar-refractivity contribution in [1.29, 1.82) is 0 Å². The average molecular weight is 847 g/mol. The fraction of sp³-hybridized carbons (Fsp3) is 0.190. The molecule has 0 bridgehead atoms. The summed E-state index contributed by atoms with van der Waals surface area (Å²) >= 11 is 0. The maximum absolute atomic E-state index is 4.90. The molecule has 8 aromatic rings. The second-order valence-electron chi connectivity index (χ2n) is 14.0.